The number of hydrogen-bond acceptors (Lipinski definition) is 6. The lowest BCUT2D eigenvalue weighted by Gasteiger charge is -2.25. The summed E-state index contributed by atoms with van der Waals surface area (Å²) in [4.78, 5) is 15.7. The molecule has 0 saturated heterocycles. The van der Waals surface area contributed by atoms with Crippen molar-refractivity contribution in [2.45, 2.75) is 56.3 Å². The first kappa shape index (κ1) is 23.8. The highest BCUT2D eigenvalue weighted by Crippen LogP contribution is 2.33. The fourth-order valence-electron chi connectivity index (χ4n) is 4.21. The molecule has 1 aliphatic rings. The summed E-state index contributed by atoms with van der Waals surface area (Å²) < 4.78 is 21.2. The molecule has 4 rings (SSSR count). The number of carbonyl (C=O) groups excluding carboxylic acids is 1. The van der Waals surface area contributed by atoms with Gasteiger partial charge in [-0.05, 0) is 42.0 Å². The van der Waals surface area contributed by atoms with E-state index in [-0.39, 0.29) is 17.4 Å². The summed E-state index contributed by atoms with van der Waals surface area (Å²) in [6.07, 6.45) is 6.71. The lowest BCUT2D eigenvalue weighted by atomic mass is 9.95. The average molecular weight is 489 g/mol. The molecule has 0 spiro atoms. The number of benzene rings is 1. The number of aromatic nitrogens is 3. The van der Waals surface area contributed by atoms with Gasteiger partial charge in [-0.1, -0.05) is 43.2 Å². The molecule has 1 saturated carbocycles. The lowest BCUT2D eigenvalue weighted by molar-refractivity contribution is -0.127. The first-order valence-electron chi connectivity index (χ1n) is 11.2. The van der Waals surface area contributed by atoms with Gasteiger partial charge in [-0.25, -0.2) is 4.39 Å². The fraction of sp³-hybridized carbons (Fsp3) is 0.458. The van der Waals surface area contributed by atoms with Gasteiger partial charge in [0.25, 0.3) is 0 Å². The molecule has 176 valence electrons. The molecule has 2 aromatic heterocycles. The Balaban J connectivity index is 1.42. The zero-order valence-corrected chi connectivity index (χ0v) is 20.6. The van der Waals surface area contributed by atoms with Crippen molar-refractivity contribution in [3.05, 3.63) is 57.8 Å². The molecule has 0 aliphatic heterocycles. The van der Waals surface area contributed by atoms with Gasteiger partial charge in [0.05, 0.1) is 12.9 Å². The molecule has 33 heavy (non-hydrogen) atoms. The van der Waals surface area contributed by atoms with Gasteiger partial charge in [-0.2, -0.15) is 0 Å². The number of hydrogen-bond donors (Lipinski definition) is 0. The SMILES string of the molecule is COc1ccc(CN(C)C(=O)CSc2nnc(Cc3cccs3)n2C2CCCCC2)cc1F. The Hall–Kier alpha value is -2.39. The number of amides is 1. The predicted octanol–water partition coefficient (Wildman–Crippen LogP) is 5.33. The standard InChI is InChI=1S/C24H29FN4O2S2/c1-28(15-17-10-11-21(31-2)20(25)13-17)23(30)16-33-24-27-26-22(14-19-9-6-12-32-19)29(24)18-7-4-3-5-8-18/h6,9-13,18H,3-5,7-8,14-16H2,1-2H3. The second-order valence-corrected chi connectivity index (χ2v) is 10.3. The first-order chi connectivity index (χ1) is 16.0. The summed E-state index contributed by atoms with van der Waals surface area (Å²) in [5.41, 5.74) is 0.720. The molecule has 0 N–H and O–H groups in total. The molecule has 3 aromatic rings. The van der Waals surface area contributed by atoms with Gasteiger partial charge in [0.2, 0.25) is 5.91 Å². The van der Waals surface area contributed by atoms with Crippen LogP contribution in [-0.4, -0.2) is 45.5 Å². The molecule has 1 amide bonds. The van der Waals surface area contributed by atoms with Gasteiger partial charge in [-0.3, -0.25) is 4.79 Å². The van der Waals surface area contributed by atoms with Crippen molar-refractivity contribution in [1.82, 2.24) is 19.7 Å². The highest BCUT2D eigenvalue weighted by molar-refractivity contribution is 7.99. The van der Waals surface area contributed by atoms with E-state index < -0.39 is 5.82 Å². The number of methoxy groups -OCH3 is 1. The highest BCUT2D eigenvalue weighted by Gasteiger charge is 2.24. The minimum atomic E-state index is -0.427. The van der Waals surface area contributed by atoms with E-state index in [1.165, 1.54) is 49.1 Å². The van der Waals surface area contributed by atoms with Crippen LogP contribution in [0, 0.1) is 5.82 Å². The van der Waals surface area contributed by atoms with Crippen LogP contribution in [0.15, 0.2) is 40.9 Å². The molecule has 0 atom stereocenters. The summed E-state index contributed by atoms with van der Waals surface area (Å²) in [7, 11) is 3.17. The molecule has 0 radical (unpaired) electrons. The van der Waals surface area contributed by atoms with Crippen LogP contribution in [0.3, 0.4) is 0 Å². The van der Waals surface area contributed by atoms with Gasteiger partial charge in [0.1, 0.15) is 5.82 Å². The Morgan fingerprint density at radius 3 is 2.79 bits per heavy atom. The van der Waals surface area contributed by atoms with Gasteiger partial charge in [0, 0.05) is 30.9 Å². The first-order valence-corrected chi connectivity index (χ1v) is 13.1. The van der Waals surface area contributed by atoms with Crippen LogP contribution in [0.4, 0.5) is 4.39 Å². The Kier molecular flexibility index (Phi) is 8.03. The zero-order valence-electron chi connectivity index (χ0n) is 19.0. The average Bonchev–Trinajstić information content (AvgIpc) is 3.48. The normalized spacial score (nSPS) is 14.4. The Bertz CT molecular complexity index is 1060. The summed E-state index contributed by atoms with van der Waals surface area (Å²) in [5.74, 6) is 0.974. The quantitative estimate of drug-likeness (QED) is 0.381. The van der Waals surface area contributed by atoms with E-state index in [2.05, 4.69) is 32.3 Å². The summed E-state index contributed by atoms with van der Waals surface area (Å²) in [6.45, 7) is 0.333. The van der Waals surface area contributed by atoms with E-state index >= 15 is 0 Å². The smallest absolute Gasteiger partial charge is 0.233 e. The third kappa shape index (κ3) is 5.95. The number of nitrogens with zero attached hydrogens (tertiary/aromatic N) is 4. The van der Waals surface area contributed by atoms with Crippen LogP contribution in [0.1, 0.15) is 54.4 Å². The van der Waals surface area contributed by atoms with Crippen molar-refractivity contribution in [2.24, 2.45) is 0 Å². The van der Waals surface area contributed by atoms with Gasteiger partial charge in [-0.15, -0.1) is 21.5 Å². The molecule has 1 aliphatic carbocycles. The molecule has 2 heterocycles. The van der Waals surface area contributed by atoms with E-state index in [4.69, 9.17) is 4.74 Å². The molecule has 0 unspecified atom stereocenters. The summed E-state index contributed by atoms with van der Waals surface area (Å²) >= 11 is 3.16. The maximum absolute atomic E-state index is 14.0. The highest BCUT2D eigenvalue weighted by atomic mass is 32.2. The maximum atomic E-state index is 14.0. The van der Waals surface area contributed by atoms with Gasteiger partial charge < -0.3 is 14.2 Å². The van der Waals surface area contributed by atoms with Crippen molar-refractivity contribution < 1.29 is 13.9 Å². The lowest BCUT2D eigenvalue weighted by Crippen LogP contribution is -2.28. The van der Waals surface area contributed by atoms with Crippen LogP contribution in [0.5, 0.6) is 5.75 Å². The summed E-state index contributed by atoms with van der Waals surface area (Å²) in [6, 6.07) is 9.33. The van der Waals surface area contributed by atoms with Crippen LogP contribution in [0.25, 0.3) is 0 Å². The minimum Gasteiger partial charge on any atom is -0.494 e. The molecule has 0 bridgehead atoms. The van der Waals surface area contributed by atoms with Crippen molar-refractivity contribution in [1.29, 1.82) is 0 Å². The fourth-order valence-corrected chi connectivity index (χ4v) is 5.87. The molecule has 1 aromatic carbocycles. The van der Waals surface area contributed by atoms with E-state index in [1.54, 1.807) is 35.4 Å². The van der Waals surface area contributed by atoms with Gasteiger partial charge in [0.15, 0.2) is 16.7 Å². The number of thioether (sulfide) groups is 1. The topological polar surface area (TPSA) is 60.2 Å². The predicted molar refractivity (Wildman–Crippen MR) is 129 cm³/mol. The Labute approximate surface area is 202 Å². The van der Waals surface area contributed by atoms with Crippen LogP contribution in [0.2, 0.25) is 0 Å². The van der Waals surface area contributed by atoms with Crippen molar-refractivity contribution >= 4 is 29.0 Å². The van der Waals surface area contributed by atoms with Crippen molar-refractivity contribution in [3.8, 4) is 5.75 Å². The third-order valence-electron chi connectivity index (χ3n) is 5.97. The molecular formula is C24H29FN4O2S2. The second kappa shape index (κ2) is 11.2. The second-order valence-electron chi connectivity index (χ2n) is 8.32. The maximum Gasteiger partial charge on any atom is 0.233 e. The number of halogens is 1. The van der Waals surface area contributed by atoms with E-state index in [0.29, 0.717) is 12.6 Å². The minimum absolute atomic E-state index is 0.0331. The van der Waals surface area contributed by atoms with Crippen molar-refractivity contribution in [3.63, 3.8) is 0 Å². The van der Waals surface area contributed by atoms with Gasteiger partial charge >= 0.3 is 0 Å². The molecule has 1 fully saturated rings. The molecule has 9 heteroatoms. The monoisotopic (exact) mass is 488 g/mol. The number of carbonyl (C=O) groups is 1. The number of thiophene rings is 1. The van der Waals surface area contributed by atoms with E-state index in [9.17, 15) is 9.18 Å². The summed E-state index contributed by atoms with van der Waals surface area (Å²) in [5, 5.41) is 11.9. The van der Waals surface area contributed by atoms with Crippen LogP contribution < -0.4 is 4.74 Å². The van der Waals surface area contributed by atoms with Crippen LogP contribution >= 0.6 is 23.1 Å². The van der Waals surface area contributed by atoms with E-state index in [1.807, 2.05) is 0 Å². The molecular weight excluding hydrogens is 459 g/mol. The largest absolute Gasteiger partial charge is 0.494 e. The van der Waals surface area contributed by atoms with Crippen molar-refractivity contribution in [2.75, 3.05) is 19.9 Å². The Morgan fingerprint density at radius 1 is 1.27 bits per heavy atom. The van der Waals surface area contributed by atoms with Crippen LogP contribution in [-0.2, 0) is 17.8 Å². The Morgan fingerprint density at radius 2 is 2.09 bits per heavy atom. The number of ether oxygens (including phenoxy) is 1. The van der Waals surface area contributed by atoms with E-state index in [0.717, 1.165) is 35.8 Å². The number of rotatable bonds is 9. The third-order valence-corrected chi connectivity index (χ3v) is 7.78. The molecule has 6 nitrogen and oxygen atoms in total. The zero-order chi connectivity index (χ0) is 23.2.